The molecule has 2 aromatic rings. The molecule has 2 aromatic heterocycles. The molecule has 0 aromatic carbocycles. The molecule has 2 aliphatic heterocycles. The predicted octanol–water partition coefficient (Wildman–Crippen LogP) is 2.45. The van der Waals surface area contributed by atoms with Gasteiger partial charge in [-0.25, -0.2) is 0 Å². The van der Waals surface area contributed by atoms with Crippen molar-refractivity contribution in [3.63, 3.8) is 0 Å². The molecule has 2 unspecified atom stereocenters. The van der Waals surface area contributed by atoms with Gasteiger partial charge in [0, 0.05) is 50.3 Å². The zero-order valence-electron chi connectivity index (χ0n) is 15.1. The van der Waals surface area contributed by atoms with Crippen molar-refractivity contribution in [2.45, 2.75) is 44.7 Å². The van der Waals surface area contributed by atoms with E-state index < -0.39 is 0 Å². The van der Waals surface area contributed by atoms with Gasteiger partial charge in [-0.2, -0.15) is 5.10 Å². The summed E-state index contributed by atoms with van der Waals surface area (Å²) >= 11 is 0. The van der Waals surface area contributed by atoms with Crippen LogP contribution in [0.3, 0.4) is 0 Å². The fraction of sp³-hybridized carbons (Fsp3) is 0.667. The Labute approximate surface area is 148 Å². The maximum absolute atomic E-state index is 5.51. The van der Waals surface area contributed by atoms with Gasteiger partial charge in [0.1, 0.15) is 0 Å². The van der Waals surface area contributed by atoms with Gasteiger partial charge in [0.2, 0.25) is 5.88 Å². The van der Waals surface area contributed by atoms with Crippen molar-refractivity contribution in [3.8, 4) is 5.88 Å². The molecule has 7 nitrogen and oxygen atoms in total. The molecule has 4 heterocycles. The highest BCUT2D eigenvalue weighted by Crippen LogP contribution is 2.31. The first-order valence-corrected chi connectivity index (χ1v) is 9.24. The SMILES string of the molecule is COc1nn(C2CCOC2)cc1C(C)CCn1ccc(N2CCC2)n1. The summed E-state index contributed by atoms with van der Waals surface area (Å²) in [5.74, 6) is 2.20. The van der Waals surface area contributed by atoms with E-state index >= 15 is 0 Å². The number of aryl methyl sites for hydroxylation is 1. The summed E-state index contributed by atoms with van der Waals surface area (Å²) in [4.78, 5) is 2.32. The largest absolute Gasteiger partial charge is 0.480 e. The summed E-state index contributed by atoms with van der Waals surface area (Å²) < 4.78 is 15.1. The van der Waals surface area contributed by atoms with Crippen LogP contribution in [-0.4, -0.2) is 53.0 Å². The molecule has 2 fully saturated rings. The second-order valence-electron chi connectivity index (χ2n) is 7.06. The number of ether oxygens (including phenoxy) is 2. The second kappa shape index (κ2) is 7.07. The summed E-state index contributed by atoms with van der Waals surface area (Å²) in [7, 11) is 1.70. The van der Waals surface area contributed by atoms with E-state index in [-0.39, 0.29) is 0 Å². The summed E-state index contributed by atoms with van der Waals surface area (Å²) in [6.45, 7) is 6.95. The lowest BCUT2D eigenvalue weighted by atomic mass is 10.0. The zero-order valence-corrected chi connectivity index (χ0v) is 15.1. The lowest BCUT2D eigenvalue weighted by Crippen LogP contribution is -2.37. The first kappa shape index (κ1) is 16.4. The molecular formula is C18H27N5O2. The van der Waals surface area contributed by atoms with Gasteiger partial charge in [-0.05, 0) is 25.2 Å². The first-order valence-electron chi connectivity index (χ1n) is 9.24. The highest BCUT2D eigenvalue weighted by atomic mass is 16.5. The Balaban J connectivity index is 1.39. The molecule has 4 rings (SSSR count). The van der Waals surface area contributed by atoms with Crippen molar-refractivity contribution in [1.82, 2.24) is 19.6 Å². The van der Waals surface area contributed by atoms with Gasteiger partial charge in [0.05, 0.1) is 19.8 Å². The van der Waals surface area contributed by atoms with Gasteiger partial charge in [-0.1, -0.05) is 6.92 Å². The number of hydrogen-bond donors (Lipinski definition) is 0. The van der Waals surface area contributed by atoms with Crippen LogP contribution in [0, 0.1) is 0 Å². The minimum Gasteiger partial charge on any atom is -0.480 e. The molecule has 0 N–H and O–H groups in total. The monoisotopic (exact) mass is 345 g/mol. The fourth-order valence-corrected chi connectivity index (χ4v) is 3.47. The predicted molar refractivity (Wildman–Crippen MR) is 95.3 cm³/mol. The van der Waals surface area contributed by atoms with Crippen LogP contribution >= 0.6 is 0 Å². The molecule has 0 saturated carbocycles. The molecule has 0 aliphatic carbocycles. The lowest BCUT2D eigenvalue weighted by molar-refractivity contribution is 0.184. The van der Waals surface area contributed by atoms with Gasteiger partial charge >= 0.3 is 0 Å². The highest BCUT2D eigenvalue weighted by Gasteiger charge is 2.23. The number of aromatic nitrogens is 4. The average Bonchev–Trinajstić information content (AvgIpc) is 3.30. The zero-order chi connectivity index (χ0) is 17.2. The molecule has 0 radical (unpaired) electrons. The van der Waals surface area contributed by atoms with Gasteiger partial charge in [-0.15, -0.1) is 5.10 Å². The van der Waals surface area contributed by atoms with Crippen molar-refractivity contribution < 1.29 is 9.47 Å². The van der Waals surface area contributed by atoms with Crippen LogP contribution in [-0.2, 0) is 11.3 Å². The fourth-order valence-electron chi connectivity index (χ4n) is 3.47. The van der Waals surface area contributed by atoms with Crippen LogP contribution in [0.1, 0.15) is 43.7 Å². The van der Waals surface area contributed by atoms with Gasteiger partial charge in [0.15, 0.2) is 5.82 Å². The van der Waals surface area contributed by atoms with Crippen molar-refractivity contribution in [2.75, 3.05) is 38.3 Å². The third kappa shape index (κ3) is 3.38. The maximum atomic E-state index is 5.51. The molecule has 136 valence electrons. The van der Waals surface area contributed by atoms with Crippen LogP contribution in [0.4, 0.5) is 5.82 Å². The number of anilines is 1. The van der Waals surface area contributed by atoms with E-state index in [1.54, 1.807) is 7.11 Å². The second-order valence-corrected chi connectivity index (χ2v) is 7.06. The Hall–Kier alpha value is -2.02. The molecule has 7 heteroatoms. The van der Waals surface area contributed by atoms with Crippen molar-refractivity contribution in [3.05, 3.63) is 24.0 Å². The van der Waals surface area contributed by atoms with Crippen molar-refractivity contribution in [2.24, 2.45) is 0 Å². The van der Waals surface area contributed by atoms with E-state index in [9.17, 15) is 0 Å². The Bertz CT molecular complexity index is 700. The number of methoxy groups -OCH3 is 1. The third-order valence-corrected chi connectivity index (χ3v) is 5.33. The lowest BCUT2D eigenvalue weighted by Gasteiger charge is -2.30. The molecule has 0 amide bonds. The maximum Gasteiger partial charge on any atom is 0.235 e. The third-order valence-electron chi connectivity index (χ3n) is 5.33. The quantitative estimate of drug-likeness (QED) is 0.771. The van der Waals surface area contributed by atoms with E-state index in [2.05, 4.69) is 40.5 Å². The van der Waals surface area contributed by atoms with Crippen LogP contribution in [0.15, 0.2) is 18.5 Å². The highest BCUT2D eigenvalue weighted by molar-refractivity contribution is 5.39. The summed E-state index contributed by atoms with van der Waals surface area (Å²) in [5.41, 5.74) is 1.17. The Morgan fingerprint density at radius 1 is 1.36 bits per heavy atom. The summed E-state index contributed by atoms with van der Waals surface area (Å²) in [5, 5.41) is 9.30. The first-order chi connectivity index (χ1) is 12.2. The molecule has 2 saturated heterocycles. The topological polar surface area (TPSA) is 57.3 Å². The Morgan fingerprint density at radius 3 is 2.92 bits per heavy atom. The summed E-state index contributed by atoms with van der Waals surface area (Å²) in [6.07, 6.45) is 7.52. The van der Waals surface area contributed by atoms with E-state index in [1.165, 1.54) is 12.0 Å². The number of hydrogen-bond acceptors (Lipinski definition) is 5. The van der Waals surface area contributed by atoms with Crippen molar-refractivity contribution in [1.29, 1.82) is 0 Å². The average molecular weight is 345 g/mol. The van der Waals surface area contributed by atoms with E-state index in [0.29, 0.717) is 12.0 Å². The standard InChI is InChI=1S/C18H27N5O2/c1-14(4-9-22-10-5-17(19-22)21-7-3-8-21)16-12-23(20-18(16)24-2)15-6-11-25-13-15/h5,10,12,14-15H,3-4,6-9,11,13H2,1-2H3. The number of nitrogens with zero attached hydrogens (tertiary/aromatic N) is 5. The van der Waals surface area contributed by atoms with Crippen LogP contribution in [0.2, 0.25) is 0 Å². The molecule has 0 bridgehead atoms. The van der Waals surface area contributed by atoms with E-state index in [0.717, 1.165) is 57.4 Å². The van der Waals surface area contributed by atoms with E-state index in [1.807, 2.05) is 9.36 Å². The number of rotatable bonds is 7. The molecular weight excluding hydrogens is 318 g/mol. The van der Waals surface area contributed by atoms with Crippen LogP contribution < -0.4 is 9.64 Å². The smallest absolute Gasteiger partial charge is 0.235 e. The van der Waals surface area contributed by atoms with Gasteiger partial charge in [0.25, 0.3) is 0 Å². The minimum atomic E-state index is 0.333. The Morgan fingerprint density at radius 2 is 2.24 bits per heavy atom. The van der Waals surface area contributed by atoms with Crippen LogP contribution in [0.25, 0.3) is 0 Å². The molecule has 2 aliphatic rings. The normalized spacial score (nSPS) is 21.4. The molecule has 25 heavy (non-hydrogen) atoms. The summed E-state index contributed by atoms with van der Waals surface area (Å²) in [6, 6.07) is 2.45. The van der Waals surface area contributed by atoms with Crippen LogP contribution in [0.5, 0.6) is 5.88 Å². The Kier molecular flexibility index (Phi) is 4.65. The molecule has 0 spiro atoms. The van der Waals surface area contributed by atoms with Gasteiger partial charge in [-0.3, -0.25) is 9.36 Å². The molecule has 2 atom stereocenters. The van der Waals surface area contributed by atoms with Gasteiger partial charge < -0.3 is 14.4 Å². The van der Waals surface area contributed by atoms with E-state index in [4.69, 9.17) is 9.47 Å². The minimum absolute atomic E-state index is 0.333. The van der Waals surface area contributed by atoms with Crippen molar-refractivity contribution >= 4 is 5.82 Å².